The Kier molecular flexibility index (Phi) is 2.90. The number of rotatable bonds is 3. The maximum atomic E-state index is 13.4. The van der Waals surface area contributed by atoms with E-state index in [9.17, 15) is 9.18 Å². The number of nitrogens with one attached hydrogen (secondary N) is 1. The second-order valence-corrected chi connectivity index (χ2v) is 5.20. The predicted molar refractivity (Wildman–Crippen MR) is 67.1 cm³/mol. The number of benzene rings is 1. The zero-order chi connectivity index (χ0) is 12.5. The molecule has 94 valence electrons. The van der Waals surface area contributed by atoms with Crippen LogP contribution in [0.25, 0.3) is 0 Å². The van der Waals surface area contributed by atoms with E-state index in [-0.39, 0.29) is 24.2 Å². The van der Waals surface area contributed by atoms with E-state index in [0.717, 1.165) is 12.8 Å². The SMILES string of the molecule is O=C(NCc1ccccc1F)C1CC2C=CC1C2. The number of amides is 1. The molecule has 1 amide bonds. The number of carbonyl (C=O) groups is 1. The van der Waals surface area contributed by atoms with Crippen molar-refractivity contribution in [3.05, 3.63) is 47.8 Å². The third-order valence-electron chi connectivity index (χ3n) is 4.03. The van der Waals surface area contributed by atoms with E-state index in [4.69, 9.17) is 0 Å². The quantitative estimate of drug-likeness (QED) is 0.815. The Balaban J connectivity index is 1.59. The van der Waals surface area contributed by atoms with Gasteiger partial charge in [-0.3, -0.25) is 4.79 Å². The molecule has 2 nitrogen and oxygen atoms in total. The van der Waals surface area contributed by atoms with Crippen LogP contribution in [0, 0.1) is 23.6 Å². The van der Waals surface area contributed by atoms with Crippen LogP contribution in [0.15, 0.2) is 36.4 Å². The fourth-order valence-corrected chi connectivity index (χ4v) is 3.04. The molecule has 0 saturated heterocycles. The Morgan fingerprint density at radius 2 is 2.11 bits per heavy atom. The number of hydrogen-bond donors (Lipinski definition) is 1. The third-order valence-corrected chi connectivity index (χ3v) is 4.03. The van der Waals surface area contributed by atoms with Gasteiger partial charge in [-0.15, -0.1) is 0 Å². The van der Waals surface area contributed by atoms with Crippen molar-refractivity contribution < 1.29 is 9.18 Å². The van der Waals surface area contributed by atoms with Crippen molar-refractivity contribution in [3.63, 3.8) is 0 Å². The van der Waals surface area contributed by atoms with Crippen molar-refractivity contribution in [2.45, 2.75) is 19.4 Å². The second kappa shape index (κ2) is 4.56. The van der Waals surface area contributed by atoms with Crippen molar-refractivity contribution in [3.8, 4) is 0 Å². The molecule has 2 bridgehead atoms. The molecule has 18 heavy (non-hydrogen) atoms. The molecular weight excluding hydrogens is 229 g/mol. The highest BCUT2D eigenvalue weighted by molar-refractivity contribution is 5.79. The number of carbonyl (C=O) groups excluding carboxylic acids is 1. The largest absolute Gasteiger partial charge is 0.352 e. The molecule has 2 aliphatic rings. The highest BCUT2D eigenvalue weighted by atomic mass is 19.1. The lowest BCUT2D eigenvalue weighted by atomic mass is 9.93. The van der Waals surface area contributed by atoms with Crippen LogP contribution < -0.4 is 5.32 Å². The Labute approximate surface area is 106 Å². The number of allylic oxidation sites excluding steroid dienone is 2. The average Bonchev–Trinajstić information content (AvgIpc) is 2.99. The third kappa shape index (κ3) is 2.05. The van der Waals surface area contributed by atoms with E-state index in [2.05, 4.69) is 17.5 Å². The Morgan fingerprint density at radius 1 is 1.28 bits per heavy atom. The van der Waals surface area contributed by atoms with Gasteiger partial charge in [0.05, 0.1) is 0 Å². The molecule has 3 rings (SSSR count). The number of halogens is 1. The van der Waals surface area contributed by atoms with Crippen molar-refractivity contribution in [1.29, 1.82) is 0 Å². The normalized spacial score (nSPS) is 28.6. The fraction of sp³-hybridized carbons (Fsp3) is 0.400. The van der Waals surface area contributed by atoms with Gasteiger partial charge in [-0.05, 0) is 30.7 Å². The molecule has 3 atom stereocenters. The molecule has 3 heteroatoms. The summed E-state index contributed by atoms with van der Waals surface area (Å²) in [6.45, 7) is 0.281. The second-order valence-electron chi connectivity index (χ2n) is 5.20. The maximum Gasteiger partial charge on any atom is 0.223 e. The lowest BCUT2D eigenvalue weighted by Gasteiger charge is -2.17. The minimum Gasteiger partial charge on any atom is -0.352 e. The molecular formula is C15H16FNO. The zero-order valence-electron chi connectivity index (χ0n) is 10.1. The lowest BCUT2D eigenvalue weighted by molar-refractivity contribution is -0.125. The summed E-state index contributed by atoms with van der Waals surface area (Å²) < 4.78 is 13.4. The summed E-state index contributed by atoms with van der Waals surface area (Å²) >= 11 is 0. The van der Waals surface area contributed by atoms with E-state index >= 15 is 0 Å². The van der Waals surface area contributed by atoms with Gasteiger partial charge in [0.2, 0.25) is 5.91 Å². The summed E-state index contributed by atoms with van der Waals surface area (Å²) in [4.78, 5) is 12.1. The maximum absolute atomic E-state index is 13.4. The van der Waals surface area contributed by atoms with E-state index < -0.39 is 0 Å². The molecule has 0 radical (unpaired) electrons. The fourth-order valence-electron chi connectivity index (χ4n) is 3.04. The predicted octanol–water partition coefficient (Wildman–Crippen LogP) is 2.65. The van der Waals surface area contributed by atoms with Crippen molar-refractivity contribution in [2.24, 2.45) is 17.8 Å². The summed E-state index contributed by atoms with van der Waals surface area (Å²) in [5, 5.41) is 2.85. The van der Waals surface area contributed by atoms with E-state index in [0.29, 0.717) is 17.4 Å². The zero-order valence-corrected chi connectivity index (χ0v) is 10.1. The van der Waals surface area contributed by atoms with Gasteiger partial charge in [0.15, 0.2) is 0 Å². The summed E-state index contributed by atoms with van der Waals surface area (Å²) in [6, 6.07) is 6.56. The van der Waals surface area contributed by atoms with Gasteiger partial charge in [0.1, 0.15) is 5.82 Å². The van der Waals surface area contributed by atoms with Crippen LogP contribution in [0.1, 0.15) is 18.4 Å². The summed E-state index contributed by atoms with van der Waals surface area (Å²) in [6.07, 6.45) is 6.43. The van der Waals surface area contributed by atoms with Gasteiger partial charge in [-0.1, -0.05) is 30.4 Å². The first-order valence-electron chi connectivity index (χ1n) is 6.43. The topological polar surface area (TPSA) is 29.1 Å². The van der Waals surface area contributed by atoms with Gasteiger partial charge >= 0.3 is 0 Å². The summed E-state index contributed by atoms with van der Waals surface area (Å²) in [7, 11) is 0. The molecule has 0 aromatic heterocycles. The molecule has 2 aliphatic carbocycles. The number of hydrogen-bond acceptors (Lipinski definition) is 1. The van der Waals surface area contributed by atoms with Crippen LogP contribution in [-0.2, 0) is 11.3 Å². The Bertz CT molecular complexity index is 497. The van der Waals surface area contributed by atoms with Crippen LogP contribution in [-0.4, -0.2) is 5.91 Å². The van der Waals surface area contributed by atoms with Gasteiger partial charge in [0, 0.05) is 18.0 Å². The molecule has 1 aromatic carbocycles. The van der Waals surface area contributed by atoms with Crippen molar-refractivity contribution in [2.75, 3.05) is 0 Å². The molecule has 0 spiro atoms. The van der Waals surface area contributed by atoms with Crippen LogP contribution in [0.5, 0.6) is 0 Å². The smallest absolute Gasteiger partial charge is 0.223 e. The molecule has 1 saturated carbocycles. The standard InChI is InChI=1S/C15H16FNO/c16-14-4-2-1-3-12(14)9-17-15(18)13-8-10-5-6-11(13)7-10/h1-6,10-11,13H,7-9H2,(H,17,18). The van der Waals surface area contributed by atoms with Crippen LogP contribution >= 0.6 is 0 Å². The van der Waals surface area contributed by atoms with Gasteiger partial charge < -0.3 is 5.32 Å². The average molecular weight is 245 g/mol. The first-order chi connectivity index (χ1) is 8.74. The lowest BCUT2D eigenvalue weighted by Crippen LogP contribution is -2.32. The van der Waals surface area contributed by atoms with E-state index in [1.807, 2.05) is 0 Å². The van der Waals surface area contributed by atoms with Crippen molar-refractivity contribution >= 4 is 5.91 Å². The first-order valence-corrected chi connectivity index (χ1v) is 6.43. The molecule has 0 heterocycles. The Morgan fingerprint density at radius 3 is 2.78 bits per heavy atom. The van der Waals surface area contributed by atoms with Crippen molar-refractivity contribution in [1.82, 2.24) is 5.32 Å². The molecule has 1 N–H and O–H groups in total. The molecule has 1 fully saturated rings. The van der Waals surface area contributed by atoms with Crippen LogP contribution in [0.2, 0.25) is 0 Å². The summed E-state index contributed by atoms with van der Waals surface area (Å²) in [5.41, 5.74) is 0.546. The highest BCUT2D eigenvalue weighted by Gasteiger charge is 2.39. The molecule has 3 unspecified atom stereocenters. The highest BCUT2D eigenvalue weighted by Crippen LogP contribution is 2.43. The Hall–Kier alpha value is -1.64. The van der Waals surface area contributed by atoms with Crippen LogP contribution in [0.3, 0.4) is 0 Å². The van der Waals surface area contributed by atoms with Crippen LogP contribution in [0.4, 0.5) is 4.39 Å². The van der Waals surface area contributed by atoms with Gasteiger partial charge in [-0.25, -0.2) is 4.39 Å². The molecule has 0 aliphatic heterocycles. The number of fused-ring (bicyclic) bond motifs is 2. The minimum atomic E-state index is -0.259. The van der Waals surface area contributed by atoms with E-state index in [1.54, 1.807) is 18.2 Å². The summed E-state index contributed by atoms with van der Waals surface area (Å²) in [5.74, 6) is 0.877. The minimum absolute atomic E-state index is 0.0649. The van der Waals surface area contributed by atoms with Gasteiger partial charge in [-0.2, -0.15) is 0 Å². The molecule has 1 aromatic rings. The first kappa shape index (κ1) is 11.5. The van der Waals surface area contributed by atoms with E-state index in [1.165, 1.54) is 6.07 Å². The monoisotopic (exact) mass is 245 g/mol. The van der Waals surface area contributed by atoms with Gasteiger partial charge in [0.25, 0.3) is 0 Å².